The van der Waals surface area contributed by atoms with E-state index in [-0.39, 0.29) is 16.2 Å². The minimum absolute atomic E-state index is 0.243. The molecule has 0 aromatic heterocycles. The van der Waals surface area contributed by atoms with Gasteiger partial charge < -0.3 is 23.8 Å². The van der Waals surface area contributed by atoms with Crippen molar-refractivity contribution in [1.82, 2.24) is 0 Å². The van der Waals surface area contributed by atoms with E-state index in [0.717, 1.165) is 15.9 Å². The first-order valence-corrected chi connectivity index (χ1v) is 24.3. The zero-order chi connectivity index (χ0) is 40.9. The predicted octanol–water partition coefficient (Wildman–Crippen LogP) is 8.56. The van der Waals surface area contributed by atoms with Gasteiger partial charge in [0.2, 0.25) is 0 Å². The molecule has 302 valence electrons. The summed E-state index contributed by atoms with van der Waals surface area (Å²) >= 11 is 0. The van der Waals surface area contributed by atoms with E-state index in [4.69, 9.17) is 13.6 Å². The van der Waals surface area contributed by atoms with Crippen molar-refractivity contribution < 1.29 is 23.8 Å². The second-order valence-electron chi connectivity index (χ2n) is 17.3. The molecule has 5 nitrogen and oxygen atoms in total. The van der Waals surface area contributed by atoms with Crippen LogP contribution in [0, 0.1) is 0 Å². The maximum atomic E-state index is 12.3. The van der Waals surface area contributed by atoms with Crippen LogP contribution in [0.5, 0.6) is 0 Å². The average molecular weight is 801 g/mol. The topological polar surface area (TPSA) is 68.2 Å². The second-order valence-corrected chi connectivity index (χ2v) is 25.8. The van der Waals surface area contributed by atoms with Crippen molar-refractivity contribution in [1.29, 1.82) is 0 Å². The molecule has 7 heteroatoms. The first-order chi connectivity index (χ1) is 27.3. The lowest BCUT2D eigenvalue weighted by Crippen LogP contribution is -2.68. The van der Waals surface area contributed by atoms with E-state index in [9.17, 15) is 10.2 Å². The van der Waals surface area contributed by atoms with E-state index in [2.05, 4.69) is 169 Å². The van der Waals surface area contributed by atoms with E-state index in [1.54, 1.807) is 6.08 Å². The summed E-state index contributed by atoms with van der Waals surface area (Å²) < 4.78 is 21.5. The molecule has 0 heterocycles. The lowest BCUT2D eigenvalue weighted by molar-refractivity contribution is 0.0215. The Morgan fingerprint density at radius 3 is 1.25 bits per heavy atom. The van der Waals surface area contributed by atoms with Gasteiger partial charge in [-0.1, -0.05) is 199 Å². The highest BCUT2D eigenvalue weighted by Crippen LogP contribution is 2.40. The van der Waals surface area contributed by atoms with Crippen LogP contribution in [0.2, 0.25) is 10.1 Å². The molecule has 0 saturated carbocycles. The molecular formula is C50H64O5Si2. The molecule has 0 aliphatic rings. The molecular weight excluding hydrogens is 737 g/mol. The van der Waals surface area contributed by atoms with E-state index in [1.807, 2.05) is 30.3 Å². The summed E-state index contributed by atoms with van der Waals surface area (Å²) in [6, 6.07) is 52.6. The Balaban J connectivity index is 1.52. The normalized spacial score (nSPS) is 14.7. The Kier molecular flexibility index (Phi) is 15.6. The number of ether oxygens (including phenoxy) is 1. The minimum atomic E-state index is -3.01. The summed E-state index contributed by atoms with van der Waals surface area (Å²) in [6.45, 7) is 18.5. The van der Waals surface area contributed by atoms with Crippen molar-refractivity contribution in [3.63, 3.8) is 0 Å². The van der Waals surface area contributed by atoms with Gasteiger partial charge in [-0.3, -0.25) is 0 Å². The van der Waals surface area contributed by atoms with Gasteiger partial charge in [0.1, 0.15) is 0 Å². The van der Waals surface area contributed by atoms with Gasteiger partial charge in [0, 0.05) is 13.0 Å². The molecule has 5 aromatic carbocycles. The van der Waals surface area contributed by atoms with Gasteiger partial charge in [-0.15, -0.1) is 6.58 Å². The molecule has 0 radical (unpaired) electrons. The van der Waals surface area contributed by atoms with Crippen LogP contribution in [0.3, 0.4) is 0 Å². The van der Waals surface area contributed by atoms with E-state index in [1.165, 1.54) is 10.4 Å². The molecule has 5 aromatic rings. The van der Waals surface area contributed by atoms with Crippen LogP contribution in [-0.2, 0) is 20.2 Å². The van der Waals surface area contributed by atoms with Crippen molar-refractivity contribution >= 4 is 37.4 Å². The second kappa shape index (κ2) is 20.2. The first-order valence-electron chi connectivity index (χ1n) is 20.5. The molecule has 0 amide bonds. The molecule has 57 heavy (non-hydrogen) atoms. The lowest BCUT2D eigenvalue weighted by Gasteiger charge is -2.46. The number of rotatable bonds is 20. The number of aliphatic hydroxyl groups excluding tert-OH is 2. The Morgan fingerprint density at radius 2 is 0.877 bits per heavy atom. The van der Waals surface area contributed by atoms with Gasteiger partial charge in [-0.05, 0) is 55.6 Å². The molecule has 0 aliphatic carbocycles. The molecule has 0 saturated heterocycles. The monoisotopic (exact) mass is 800 g/mol. The smallest absolute Gasteiger partial charge is 0.261 e. The number of hydrogen-bond acceptors (Lipinski definition) is 5. The summed E-state index contributed by atoms with van der Waals surface area (Å²) in [7, 11) is -5.98. The maximum absolute atomic E-state index is 12.3. The molecule has 5 rings (SSSR count). The fourth-order valence-corrected chi connectivity index (χ4v) is 17.8. The van der Waals surface area contributed by atoms with Crippen molar-refractivity contribution in [3.05, 3.63) is 170 Å². The van der Waals surface area contributed by atoms with Crippen LogP contribution in [0.15, 0.2) is 164 Å². The third-order valence-electron chi connectivity index (χ3n) is 11.1. The highest BCUT2D eigenvalue weighted by atomic mass is 28.4. The van der Waals surface area contributed by atoms with Gasteiger partial charge >= 0.3 is 0 Å². The van der Waals surface area contributed by atoms with Crippen molar-refractivity contribution in [3.8, 4) is 0 Å². The summed E-state index contributed by atoms with van der Waals surface area (Å²) in [5.41, 5.74) is 1.12. The highest BCUT2D eigenvalue weighted by molar-refractivity contribution is 7.00. The van der Waals surface area contributed by atoms with Gasteiger partial charge in [0.05, 0.1) is 31.0 Å². The SMILES string of the molecule is C=C[C@H](O)C[C@H](C[C@H](O)C[C@H](CCOCc1ccccc1)O[Si](c1ccccc1)(c1ccccc1)C(C)(C)C)O[Si](c1ccccc1)(c1ccccc1)C(C)(C)C. The highest BCUT2D eigenvalue weighted by Gasteiger charge is 2.53. The van der Waals surface area contributed by atoms with Crippen LogP contribution >= 0.6 is 0 Å². The molecule has 0 aliphatic heterocycles. The van der Waals surface area contributed by atoms with E-state index in [0.29, 0.717) is 38.9 Å². The Bertz CT molecular complexity index is 1820. The standard InChI is InChI=1S/C50H64O5Si2/c1-8-41(51)36-44(55-57(50(5,6)7,47-30-20-12-21-31-47)48-32-22-13-23-33-48)38-42(52)37-43(34-35-53-39-40-24-14-9-15-25-40)54-56(49(2,3)4,45-26-16-10-17-27-45)46-28-18-11-19-29-46/h8-33,41-44,51-52H,1,34-39H2,2-7H3/t41-,42+,43-,44+/m0/s1. The summed E-state index contributed by atoms with van der Waals surface area (Å²) in [5, 5.41) is 27.6. The molecule has 0 fully saturated rings. The number of hydrogen-bond donors (Lipinski definition) is 2. The van der Waals surface area contributed by atoms with Crippen LogP contribution in [-0.4, -0.2) is 57.9 Å². The molecule has 0 unspecified atom stereocenters. The van der Waals surface area contributed by atoms with Crippen molar-refractivity contribution in [2.24, 2.45) is 0 Å². The summed E-state index contributed by atoms with van der Waals surface area (Å²) in [6.07, 6.45) is 0.786. The Hall–Kier alpha value is -3.93. The first kappa shape index (κ1) is 44.2. The summed E-state index contributed by atoms with van der Waals surface area (Å²) in [5.74, 6) is 0. The lowest BCUT2D eigenvalue weighted by atomic mass is 10.0. The number of benzene rings is 5. The Morgan fingerprint density at radius 1 is 0.526 bits per heavy atom. The minimum Gasteiger partial charge on any atom is -0.404 e. The molecule has 0 bridgehead atoms. The van der Waals surface area contributed by atoms with Gasteiger partial charge in [0.15, 0.2) is 0 Å². The van der Waals surface area contributed by atoms with Crippen LogP contribution in [0.4, 0.5) is 0 Å². The predicted molar refractivity (Wildman–Crippen MR) is 242 cm³/mol. The van der Waals surface area contributed by atoms with Crippen LogP contribution < -0.4 is 20.7 Å². The number of aliphatic hydroxyl groups is 2. The maximum Gasteiger partial charge on any atom is 0.261 e. The quantitative estimate of drug-likeness (QED) is 0.0470. The van der Waals surface area contributed by atoms with Gasteiger partial charge in [0.25, 0.3) is 16.6 Å². The van der Waals surface area contributed by atoms with Crippen molar-refractivity contribution in [2.75, 3.05) is 6.61 Å². The van der Waals surface area contributed by atoms with Gasteiger partial charge in [-0.2, -0.15) is 0 Å². The van der Waals surface area contributed by atoms with E-state index >= 15 is 0 Å². The molecule has 0 spiro atoms. The van der Waals surface area contributed by atoms with Crippen molar-refractivity contribution in [2.45, 2.75) is 108 Å². The third kappa shape index (κ3) is 11.0. The zero-order valence-electron chi connectivity index (χ0n) is 34.9. The van der Waals surface area contributed by atoms with Crippen LogP contribution in [0.1, 0.15) is 72.8 Å². The Labute approximate surface area is 344 Å². The third-order valence-corrected chi connectivity index (χ3v) is 21.2. The van der Waals surface area contributed by atoms with Gasteiger partial charge in [-0.25, -0.2) is 0 Å². The van der Waals surface area contributed by atoms with E-state index < -0.39 is 34.9 Å². The fraction of sp³-hybridized carbons (Fsp3) is 0.360. The van der Waals surface area contributed by atoms with Crippen LogP contribution in [0.25, 0.3) is 0 Å². The zero-order valence-corrected chi connectivity index (χ0v) is 36.9. The molecule has 2 N–H and O–H groups in total. The molecule has 4 atom stereocenters. The fourth-order valence-electron chi connectivity index (χ4n) is 8.35. The summed E-state index contributed by atoms with van der Waals surface area (Å²) in [4.78, 5) is 0. The average Bonchev–Trinajstić information content (AvgIpc) is 3.21. The largest absolute Gasteiger partial charge is 0.404 e.